The fourth-order valence-corrected chi connectivity index (χ4v) is 2.56. The maximum Gasteiger partial charge on any atom is 0.236 e. The second-order valence-corrected chi connectivity index (χ2v) is 5.31. The number of aromatic hydroxyl groups is 4. The lowest BCUT2D eigenvalue weighted by molar-refractivity contribution is -0.283. The molecular weight excluding hydrogens is 308 g/mol. The van der Waals surface area contributed by atoms with Crippen molar-refractivity contribution in [2.45, 2.75) is 18.0 Å². The minimum absolute atomic E-state index is 0.0535. The molecule has 1 aliphatic heterocycles. The maximum absolute atomic E-state index is 10.2. The largest absolute Gasteiger partial charge is 0.508 e. The van der Waals surface area contributed by atoms with Crippen molar-refractivity contribution in [1.82, 2.24) is 0 Å². The summed E-state index contributed by atoms with van der Waals surface area (Å²) >= 11 is 0. The molecule has 2 unspecified atom stereocenters. The van der Waals surface area contributed by atoms with Gasteiger partial charge in [-0.25, -0.2) is 0 Å². The van der Waals surface area contributed by atoms with Crippen molar-refractivity contribution < 1.29 is 40.5 Å². The number of aliphatic hydroxyl groups is 3. The van der Waals surface area contributed by atoms with Gasteiger partial charge >= 0.3 is 0 Å². The number of fused-ring (bicyclic) bond motifs is 1. The van der Waals surface area contributed by atoms with Crippen LogP contribution >= 0.6 is 0 Å². The van der Waals surface area contributed by atoms with E-state index < -0.39 is 35.2 Å². The highest BCUT2D eigenvalue weighted by molar-refractivity contribution is 5.53. The van der Waals surface area contributed by atoms with Gasteiger partial charge in [0.1, 0.15) is 23.4 Å². The van der Waals surface area contributed by atoms with Crippen LogP contribution in [0.1, 0.15) is 23.3 Å². The summed E-state index contributed by atoms with van der Waals surface area (Å²) in [6.45, 7) is 0. The molecule has 2 atom stereocenters. The van der Waals surface area contributed by atoms with Gasteiger partial charge in [0.15, 0.2) is 17.6 Å². The summed E-state index contributed by atoms with van der Waals surface area (Å²) in [5.74, 6) is -4.81. The van der Waals surface area contributed by atoms with E-state index in [1.807, 2.05) is 0 Å². The molecule has 0 aliphatic carbocycles. The van der Waals surface area contributed by atoms with Crippen LogP contribution in [0.25, 0.3) is 0 Å². The zero-order valence-corrected chi connectivity index (χ0v) is 11.6. The zero-order chi connectivity index (χ0) is 16.9. The van der Waals surface area contributed by atoms with Crippen LogP contribution < -0.4 is 4.74 Å². The van der Waals surface area contributed by atoms with E-state index in [0.29, 0.717) is 0 Å². The molecule has 8 heteroatoms. The van der Waals surface area contributed by atoms with E-state index in [2.05, 4.69) is 0 Å². The van der Waals surface area contributed by atoms with Gasteiger partial charge in [-0.1, -0.05) is 6.07 Å². The summed E-state index contributed by atoms with van der Waals surface area (Å²) in [6, 6.07) is 5.45. The van der Waals surface area contributed by atoms with Crippen molar-refractivity contribution in [2.24, 2.45) is 0 Å². The van der Waals surface area contributed by atoms with E-state index in [0.717, 1.165) is 24.3 Å². The predicted molar refractivity (Wildman–Crippen MR) is 75.0 cm³/mol. The molecule has 3 rings (SSSR count). The summed E-state index contributed by atoms with van der Waals surface area (Å²) in [6.07, 6.45) is -3.48. The van der Waals surface area contributed by atoms with Crippen molar-refractivity contribution in [2.75, 3.05) is 0 Å². The molecule has 23 heavy (non-hydrogen) atoms. The van der Waals surface area contributed by atoms with Crippen molar-refractivity contribution in [3.63, 3.8) is 0 Å². The average molecular weight is 322 g/mol. The quantitative estimate of drug-likeness (QED) is 0.294. The molecule has 2 aromatic carbocycles. The minimum atomic E-state index is -2.83. The number of phenols is 4. The molecule has 0 saturated carbocycles. The number of aliphatic hydroxyl groups excluding tert-OH is 1. The maximum atomic E-state index is 10.2. The summed E-state index contributed by atoms with van der Waals surface area (Å²) in [4.78, 5) is 0. The molecule has 1 heterocycles. The first kappa shape index (κ1) is 15.2. The normalized spacial score (nSPS) is 22.2. The molecule has 1 aliphatic rings. The first-order valence-electron chi connectivity index (χ1n) is 6.59. The Labute approximate surface area is 129 Å². The van der Waals surface area contributed by atoms with E-state index in [9.17, 15) is 35.7 Å². The second-order valence-electron chi connectivity index (χ2n) is 5.31. The van der Waals surface area contributed by atoms with Crippen LogP contribution in [0.15, 0.2) is 30.3 Å². The smallest absolute Gasteiger partial charge is 0.236 e. The third kappa shape index (κ3) is 2.29. The summed E-state index contributed by atoms with van der Waals surface area (Å²) < 4.78 is 5.39. The Balaban J connectivity index is 2.14. The topological polar surface area (TPSA) is 151 Å². The van der Waals surface area contributed by atoms with Crippen molar-refractivity contribution >= 4 is 0 Å². The van der Waals surface area contributed by atoms with Gasteiger partial charge in [-0.2, -0.15) is 0 Å². The highest BCUT2D eigenvalue weighted by atomic mass is 16.6. The van der Waals surface area contributed by atoms with Gasteiger partial charge in [0.25, 0.3) is 0 Å². The molecule has 0 bridgehead atoms. The fraction of sp³-hybridized carbons (Fsp3) is 0.200. The molecule has 0 fully saturated rings. The van der Waals surface area contributed by atoms with E-state index in [-0.39, 0.29) is 22.6 Å². The number of benzene rings is 2. The summed E-state index contributed by atoms with van der Waals surface area (Å²) in [7, 11) is 0. The number of phenolic OH excluding ortho intramolecular Hbond substituents is 4. The standard InChI is InChI=1S/C15H14O8/c16-7-4-10(19)12-11(5-7)23-14(15(21,22)13(12)20)6-1-2-8(17)9(18)3-6/h1-5,13-14,16-22H. The van der Waals surface area contributed by atoms with Gasteiger partial charge in [-0.05, 0) is 12.1 Å². The van der Waals surface area contributed by atoms with Crippen LogP contribution in [-0.4, -0.2) is 41.5 Å². The summed E-state index contributed by atoms with van der Waals surface area (Å²) in [5, 5.41) is 68.8. The number of ether oxygens (including phenoxy) is 1. The lowest BCUT2D eigenvalue weighted by atomic mass is 9.88. The van der Waals surface area contributed by atoms with Gasteiger partial charge < -0.3 is 40.5 Å². The SMILES string of the molecule is Oc1cc(O)c2c(c1)OC(c1ccc(O)c(O)c1)C(O)(O)C2O. The number of rotatable bonds is 1. The van der Waals surface area contributed by atoms with E-state index >= 15 is 0 Å². The Hall–Kier alpha value is -2.68. The number of hydrogen-bond donors (Lipinski definition) is 7. The van der Waals surface area contributed by atoms with Crippen molar-refractivity contribution in [3.05, 3.63) is 41.5 Å². The third-order valence-corrected chi connectivity index (χ3v) is 3.71. The molecule has 0 aromatic heterocycles. The van der Waals surface area contributed by atoms with E-state index in [1.54, 1.807) is 0 Å². The molecule has 0 radical (unpaired) electrons. The van der Waals surface area contributed by atoms with Crippen LogP contribution in [0.3, 0.4) is 0 Å². The number of hydrogen-bond acceptors (Lipinski definition) is 8. The Morgan fingerprint density at radius 2 is 1.57 bits per heavy atom. The highest BCUT2D eigenvalue weighted by Gasteiger charge is 2.51. The van der Waals surface area contributed by atoms with Gasteiger partial charge in [0, 0.05) is 17.7 Å². The van der Waals surface area contributed by atoms with Crippen molar-refractivity contribution in [3.8, 4) is 28.7 Å². The van der Waals surface area contributed by atoms with Crippen LogP contribution in [0, 0.1) is 0 Å². The predicted octanol–water partition coefficient (Wildman–Crippen LogP) is 0.357. The molecular formula is C15H14O8. The Bertz CT molecular complexity index is 770. The molecule has 0 amide bonds. The van der Waals surface area contributed by atoms with Crippen LogP contribution in [0.4, 0.5) is 0 Å². The Morgan fingerprint density at radius 1 is 0.870 bits per heavy atom. The Kier molecular flexibility index (Phi) is 3.25. The lowest BCUT2D eigenvalue weighted by Gasteiger charge is -2.40. The molecule has 2 aromatic rings. The van der Waals surface area contributed by atoms with Gasteiger partial charge in [-0.3, -0.25) is 0 Å². The first-order valence-corrected chi connectivity index (χ1v) is 6.59. The highest BCUT2D eigenvalue weighted by Crippen LogP contribution is 2.51. The molecule has 8 nitrogen and oxygen atoms in total. The van der Waals surface area contributed by atoms with Gasteiger partial charge in [-0.15, -0.1) is 0 Å². The zero-order valence-electron chi connectivity index (χ0n) is 11.6. The second kappa shape index (κ2) is 4.92. The third-order valence-electron chi connectivity index (χ3n) is 3.71. The van der Waals surface area contributed by atoms with Gasteiger partial charge in [0.05, 0.1) is 5.56 Å². The monoisotopic (exact) mass is 322 g/mol. The van der Waals surface area contributed by atoms with E-state index in [4.69, 9.17) is 4.74 Å². The van der Waals surface area contributed by atoms with Crippen LogP contribution in [0.5, 0.6) is 28.7 Å². The minimum Gasteiger partial charge on any atom is -0.508 e. The Morgan fingerprint density at radius 3 is 2.22 bits per heavy atom. The lowest BCUT2D eigenvalue weighted by Crippen LogP contribution is -2.47. The van der Waals surface area contributed by atoms with Gasteiger partial charge in [0.2, 0.25) is 5.79 Å². The molecule has 0 spiro atoms. The van der Waals surface area contributed by atoms with E-state index in [1.165, 1.54) is 6.07 Å². The fourth-order valence-electron chi connectivity index (χ4n) is 2.56. The summed E-state index contributed by atoms with van der Waals surface area (Å²) in [5.41, 5.74) is -0.232. The molecule has 0 saturated heterocycles. The molecule has 122 valence electrons. The average Bonchev–Trinajstić information content (AvgIpc) is 2.45. The van der Waals surface area contributed by atoms with Crippen LogP contribution in [-0.2, 0) is 0 Å². The van der Waals surface area contributed by atoms with Crippen LogP contribution in [0.2, 0.25) is 0 Å². The first-order chi connectivity index (χ1) is 10.7. The van der Waals surface area contributed by atoms with Crippen molar-refractivity contribution in [1.29, 1.82) is 0 Å². The molecule has 7 N–H and O–H groups in total.